The average Bonchev–Trinajstić information content (AvgIpc) is 2.82. The molecule has 24 heavy (non-hydrogen) atoms. The second-order valence-electron chi connectivity index (χ2n) is 5.54. The van der Waals surface area contributed by atoms with Gasteiger partial charge in [0.05, 0.1) is 11.1 Å². The zero-order valence-corrected chi connectivity index (χ0v) is 15.2. The number of carbonyl (C=O) groups excluding carboxylic acids is 1. The fourth-order valence-electron chi connectivity index (χ4n) is 2.27. The minimum Gasteiger partial charge on any atom is -0.325 e. The van der Waals surface area contributed by atoms with Crippen LogP contribution in [0.15, 0.2) is 34.2 Å². The van der Waals surface area contributed by atoms with E-state index in [0.29, 0.717) is 10.5 Å². The Labute approximate surface area is 147 Å². The number of nitrogens with one attached hydrogen (secondary N) is 2. The van der Waals surface area contributed by atoms with E-state index in [1.54, 1.807) is 0 Å². The number of benzene rings is 1. The zero-order chi connectivity index (χ0) is 17.3. The highest BCUT2D eigenvalue weighted by atomic mass is 32.2. The molecule has 3 rings (SSSR count). The van der Waals surface area contributed by atoms with Gasteiger partial charge in [-0.2, -0.15) is 0 Å². The molecule has 0 unspecified atom stereocenters. The largest absolute Gasteiger partial charge is 0.325 e. The molecule has 3 aromatic rings. The zero-order valence-electron chi connectivity index (χ0n) is 13.6. The molecule has 2 N–H and O–H groups in total. The van der Waals surface area contributed by atoms with Crippen LogP contribution in [0.1, 0.15) is 16.0 Å². The number of aromatic amines is 1. The Balaban J connectivity index is 1.70. The van der Waals surface area contributed by atoms with E-state index in [-0.39, 0.29) is 17.2 Å². The quantitative estimate of drug-likeness (QED) is 0.551. The Morgan fingerprint density at radius 3 is 2.67 bits per heavy atom. The second kappa shape index (κ2) is 6.78. The molecular weight excluding hydrogens is 342 g/mol. The summed E-state index contributed by atoms with van der Waals surface area (Å²) < 4.78 is 0. The van der Waals surface area contributed by atoms with Gasteiger partial charge in [-0.3, -0.25) is 9.59 Å². The van der Waals surface area contributed by atoms with Gasteiger partial charge in [-0.1, -0.05) is 29.5 Å². The number of aryl methyl sites for hydroxylation is 3. The second-order valence-corrected chi connectivity index (χ2v) is 7.70. The standard InChI is InChI=1S/C17H17N3O2S2/c1-9-4-6-12(7-5-9)18-13(21)8-23-17-19-15(22)14-10(2)11(3)24-16(14)20-17/h4-7H,8H2,1-3H3,(H,18,21)(H,19,20,22). The van der Waals surface area contributed by atoms with Gasteiger partial charge >= 0.3 is 0 Å². The van der Waals surface area contributed by atoms with Crippen molar-refractivity contribution in [1.82, 2.24) is 9.97 Å². The monoisotopic (exact) mass is 359 g/mol. The molecule has 124 valence electrons. The van der Waals surface area contributed by atoms with Gasteiger partial charge in [0, 0.05) is 10.6 Å². The lowest BCUT2D eigenvalue weighted by atomic mass is 10.2. The van der Waals surface area contributed by atoms with Gasteiger partial charge in [-0.25, -0.2) is 4.98 Å². The maximum Gasteiger partial charge on any atom is 0.260 e. The van der Waals surface area contributed by atoms with E-state index >= 15 is 0 Å². The number of aromatic nitrogens is 2. The maximum absolute atomic E-state index is 12.2. The molecule has 2 heterocycles. The summed E-state index contributed by atoms with van der Waals surface area (Å²) in [7, 11) is 0. The smallest absolute Gasteiger partial charge is 0.260 e. The fraction of sp³-hybridized carbons (Fsp3) is 0.235. The first-order chi connectivity index (χ1) is 11.4. The number of thioether (sulfide) groups is 1. The highest BCUT2D eigenvalue weighted by molar-refractivity contribution is 7.99. The number of anilines is 1. The molecule has 2 aromatic heterocycles. The lowest BCUT2D eigenvalue weighted by molar-refractivity contribution is -0.113. The van der Waals surface area contributed by atoms with Crippen LogP contribution in [0.2, 0.25) is 0 Å². The van der Waals surface area contributed by atoms with Crippen molar-refractivity contribution < 1.29 is 4.79 Å². The van der Waals surface area contributed by atoms with E-state index in [2.05, 4.69) is 15.3 Å². The summed E-state index contributed by atoms with van der Waals surface area (Å²) in [5, 5.41) is 3.94. The van der Waals surface area contributed by atoms with Crippen LogP contribution >= 0.6 is 23.1 Å². The van der Waals surface area contributed by atoms with E-state index < -0.39 is 0 Å². The summed E-state index contributed by atoms with van der Waals surface area (Å²) in [6.07, 6.45) is 0. The lowest BCUT2D eigenvalue weighted by Gasteiger charge is -2.05. The number of carbonyl (C=O) groups is 1. The Morgan fingerprint density at radius 1 is 1.25 bits per heavy atom. The summed E-state index contributed by atoms with van der Waals surface area (Å²) in [4.78, 5) is 33.2. The topological polar surface area (TPSA) is 74.8 Å². The van der Waals surface area contributed by atoms with Gasteiger partial charge in [0.2, 0.25) is 5.91 Å². The van der Waals surface area contributed by atoms with Crippen LogP contribution in [0.25, 0.3) is 10.2 Å². The Bertz CT molecular complexity index is 958. The van der Waals surface area contributed by atoms with Crippen molar-refractivity contribution in [2.75, 3.05) is 11.1 Å². The molecule has 0 aliphatic carbocycles. The van der Waals surface area contributed by atoms with Crippen molar-refractivity contribution in [3.05, 3.63) is 50.6 Å². The van der Waals surface area contributed by atoms with Crippen molar-refractivity contribution in [3.63, 3.8) is 0 Å². The van der Waals surface area contributed by atoms with Gasteiger partial charge in [0.15, 0.2) is 5.16 Å². The Morgan fingerprint density at radius 2 is 1.96 bits per heavy atom. The van der Waals surface area contributed by atoms with Crippen LogP contribution in [-0.4, -0.2) is 21.6 Å². The molecule has 0 atom stereocenters. The van der Waals surface area contributed by atoms with Gasteiger partial charge in [-0.05, 0) is 38.5 Å². The molecule has 0 saturated heterocycles. The number of hydrogen-bond donors (Lipinski definition) is 2. The van der Waals surface area contributed by atoms with Gasteiger partial charge in [0.25, 0.3) is 5.56 Å². The van der Waals surface area contributed by atoms with Crippen LogP contribution in [0, 0.1) is 20.8 Å². The predicted molar refractivity (Wildman–Crippen MR) is 100 cm³/mol. The predicted octanol–water partition coefficient (Wildman–Crippen LogP) is 3.64. The first-order valence-corrected chi connectivity index (χ1v) is 9.23. The van der Waals surface area contributed by atoms with E-state index in [9.17, 15) is 9.59 Å². The molecule has 7 heteroatoms. The minimum absolute atomic E-state index is 0.134. The minimum atomic E-state index is -0.150. The molecular formula is C17H17N3O2S2. The number of amides is 1. The van der Waals surface area contributed by atoms with Crippen molar-refractivity contribution in [2.24, 2.45) is 0 Å². The first kappa shape index (κ1) is 16.7. The normalized spacial score (nSPS) is 11.0. The summed E-state index contributed by atoms with van der Waals surface area (Å²) in [5.74, 6) is 0.0520. The molecule has 0 saturated carbocycles. The number of hydrogen-bond acceptors (Lipinski definition) is 5. The third-order valence-corrected chi connectivity index (χ3v) is 5.67. The SMILES string of the molecule is Cc1ccc(NC(=O)CSc2nc3sc(C)c(C)c3c(=O)[nH]2)cc1. The molecule has 0 bridgehead atoms. The Kier molecular flexibility index (Phi) is 4.73. The van der Waals surface area contributed by atoms with E-state index in [0.717, 1.165) is 26.5 Å². The van der Waals surface area contributed by atoms with Crippen LogP contribution < -0.4 is 10.9 Å². The van der Waals surface area contributed by atoms with Crippen LogP contribution in [0.4, 0.5) is 5.69 Å². The van der Waals surface area contributed by atoms with Gasteiger partial charge in [-0.15, -0.1) is 11.3 Å². The fourth-order valence-corrected chi connectivity index (χ4v) is 4.02. The molecule has 5 nitrogen and oxygen atoms in total. The average molecular weight is 359 g/mol. The molecule has 0 radical (unpaired) electrons. The summed E-state index contributed by atoms with van der Waals surface area (Å²) in [6.45, 7) is 5.89. The number of thiophene rings is 1. The van der Waals surface area contributed by atoms with Crippen LogP contribution in [0.5, 0.6) is 0 Å². The van der Waals surface area contributed by atoms with Gasteiger partial charge in [0.1, 0.15) is 4.83 Å². The third kappa shape index (κ3) is 3.52. The number of H-pyrrole nitrogens is 1. The van der Waals surface area contributed by atoms with E-state index in [4.69, 9.17) is 0 Å². The lowest BCUT2D eigenvalue weighted by Crippen LogP contribution is -2.15. The third-order valence-electron chi connectivity index (χ3n) is 3.69. The van der Waals surface area contributed by atoms with E-state index in [1.807, 2.05) is 45.0 Å². The van der Waals surface area contributed by atoms with Gasteiger partial charge < -0.3 is 10.3 Å². The van der Waals surface area contributed by atoms with E-state index in [1.165, 1.54) is 23.1 Å². The highest BCUT2D eigenvalue weighted by Gasteiger charge is 2.13. The summed E-state index contributed by atoms with van der Waals surface area (Å²) in [6, 6.07) is 7.61. The summed E-state index contributed by atoms with van der Waals surface area (Å²) in [5.41, 5.74) is 2.72. The van der Waals surface area contributed by atoms with Crippen LogP contribution in [0.3, 0.4) is 0 Å². The first-order valence-electron chi connectivity index (χ1n) is 7.43. The number of nitrogens with zero attached hydrogens (tertiary/aromatic N) is 1. The number of fused-ring (bicyclic) bond motifs is 1. The molecule has 0 aliphatic rings. The van der Waals surface area contributed by atoms with Crippen molar-refractivity contribution in [2.45, 2.75) is 25.9 Å². The highest BCUT2D eigenvalue weighted by Crippen LogP contribution is 2.27. The van der Waals surface area contributed by atoms with Crippen molar-refractivity contribution in [3.8, 4) is 0 Å². The Hall–Kier alpha value is -2.12. The van der Waals surface area contributed by atoms with Crippen molar-refractivity contribution >= 4 is 44.9 Å². The molecule has 1 amide bonds. The van der Waals surface area contributed by atoms with Crippen molar-refractivity contribution in [1.29, 1.82) is 0 Å². The maximum atomic E-state index is 12.2. The molecule has 0 fully saturated rings. The number of rotatable bonds is 4. The van der Waals surface area contributed by atoms with Crippen LogP contribution in [-0.2, 0) is 4.79 Å². The molecule has 1 aromatic carbocycles. The molecule has 0 spiro atoms. The summed E-state index contributed by atoms with van der Waals surface area (Å²) >= 11 is 2.72. The molecule has 0 aliphatic heterocycles.